The largest absolute Gasteiger partial charge is 0.507 e. The normalized spacial score (nSPS) is 39.4. The molecule has 12 bridgehead atoms. The van der Waals surface area contributed by atoms with Crippen LogP contribution in [0.5, 0.6) is 11.5 Å². The molecule has 6 spiro atoms. The van der Waals surface area contributed by atoms with Crippen LogP contribution < -0.4 is 10.1 Å². The predicted octanol–water partition coefficient (Wildman–Crippen LogP) is 7.45. The number of imidazole rings is 1. The zero-order chi connectivity index (χ0) is 52.8. The number of hydrogen-bond acceptors (Lipinski definition) is 13. The predicted molar refractivity (Wildman–Crippen MR) is 284 cm³/mol. The van der Waals surface area contributed by atoms with Gasteiger partial charge in [-0.15, -0.1) is 5.92 Å². The molecule has 9 N–H and O–H groups in total. The van der Waals surface area contributed by atoms with Gasteiger partial charge in [0.1, 0.15) is 29.5 Å². The van der Waals surface area contributed by atoms with E-state index < -0.39 is 81.1 Å². The quantitative estimate of drug-likeness (QED) is 0.0728. The number of aryl methyl sites for hydroxylation is 1. The number of carbonyl (C=O) groups excluding carboxylic acids is 2. The monoisotopic (exact) mass is 1050 g/mol. The maximum absolute atomic E-state index is 15.4. The van der Waals surface area contributed by atoms with Gasteiger partial charge in [-0.2, -0.15) is 0 Å². The summed E-state index contributed by atoms with van der Waals surface area (Å²) in [5.74, 6) is 2.96. The number of fused-ring (bicyclic) bond motifs is 6. The molecule has 14 aliphatic rings. The first-order valence-electron chi connectivity index (χ1n) is 28.5. The van der Waals surface area contributed by atoms with Crippen LogP contribution in [0.4, 0.5) is 5.82 Å². The van der Waals surface area contributed by atoms with Gasteiger partial charge in [0.2, 0.25) is 5.78 Å². The maximum Gasteiger partial charge on any atom is 0.261 e. The van der Waals surface area contributed by atoms with E-state index in [4.69, 9.17) is 14.5 Å². The van der Waals surface area contributed by atoms with E-state index in [9.17, 15) is 30.6 Å². The Morgan fingerprint density at radius 1 is 0.885 bits per heavy atom. The van der Waals surface area contributed by atoms with Gasteiger partial charge in [-0.1, -0.05) is 49.3 Å². The van der Waals surface area contributed by atoms with Crippen LogP contribution in [0.3, 0.4) is 0 Å². The van der Waals surface area contributed by atoms with Crippen LogP contribution in [0, 0.1) is 46.3 Å². The number of pyridine rings is 1. The molecule has 3 aromatic heterocycles. The highest BCUT2D eigenvalue weighted by atomic mass is 16.7. The highest BCUT2D eigenvalue weighted by molar-refractivity contribution is 6.34. The lowest BCUT2D eigenvalue weighted by Crippen LogP contribution is -2.79. The number of aromatic hydroxyl groups is 1. The number of hydrogen-bond donors (Lipinski definition) is 9. The number of aromatic nitrogens is 4. The number of phenols is 1. The number of phenolic OH excluding ortho intramolecular Hbond substituents is 1. The van der Waals surface area contributed by atoms with Crippen molar-refractivity contribution < 1.29 is 49.7 Å². The first-order valence-corrected chi connectivity index (χ1v) is 28.5. The van der Waals surface area contributed by atoms with Crippen LogP contribution in [0.2, 0.25) is 0 Å². The number of ketones is 2. The third kappa shape index (κ3) is 5.18. The second-order valence-electron chi connectivity index (χ2n) is 25.9. The highest BCUT2D eigenvalue weighted by Crippen LogP contribution is 2.75. The molecule has 19 rings (SSSR count). The van der Waals surface area contributed by atoms with Crippen molar-refractivity contribution in [2.45, 2.75) is 156 Å². The molecule has 7 heterocycles. The van der Waals surface area contributed by atoms with E-state index in [0.717, 1.165) is 85.9 Å². The molecule has 2 aromatic carbocycles. The summed E-state index contributed by atoms with van der Waals surface area (Å²) in [4.78, 5) is 47.8. The fourth-order valence-corrected chi connectivity index (χ4v) is 19.6. The Morgan fingerprint density at radius 3 is 2.55 bits per heavy atom. The molecule has 13 unspecified atom stereocenters. The van der Waals surface area contributed by atoms with Crippen molar-refractivity contribution >= 4 is 39.8 Å². The molecule has 5 aromatic rings. The average Bonchev–Trinajstić information content (AvgIpc) is 2.71. The van der Waals surface area contributed by atoms with E-state index in [2.05, 4.69) is 44.3 Å². The minimum atomic E-state index is -2.49. The topological polar surface area (TPSA) is 243 Å². The summed E-state index contributed by atoms with van der Waals surface area (Å²) < 4.78 is 15.0. The first kappa shape index (κ1) is 46.5. The zero-order valence-corrected chi connectivity index (χ0v) is 43.3. The maximum atomic E-state index is 15.4. The number of carbonyl (C=O) groups is 2. The number of aromatic amines is 2. The molecule has 0 amide bonds. The van der Waals surface area contributed by atoms with Crippen molar-refractivity contribution in [3.63, 3.8) is 0 Å². The summed E-state index contributed by atoms with van der Waals surface area (Å²) >= 11 is 0. The summed E-state index contributed by atoms with van der Waals surface area (Å²) in [6, 6.07) is 6.22. The third-order valence-electron chi connectivity index (χ3n) is 22.7. The number of rotatable bonds is 1. The van der Waals surface area contributed by atoms with E-state index in [0.29, 0.717) is 77.5 Å². The van der Waals surface area contributed by atoms with Crippen LogP contribution in [0.25, 0.3) is 22.4 Å². The number of benzene rings is 2. The molecule has 15 heteroatoms. The molecule has 5 fully saturated rings. The molecule has 398 valence electrons. The van der Waals surface area contributed by atoms with Gasteiger partial charge in [0.05, 0.1) is 40.8 Å². The molecule has 78 heavy (non-hydrogen) atoms. The number of aliphatic hydroxyl groups excluding tert-OH is 5. The van der Waals surface area contributed by atoms with Crippen molar-refractivity contribution in [3.05, 3.63) is 122 Å². The smallest absolute Gasteiger partial charge is 0.261 e. The highest BCUT2D eigenvalue weighted by Gasteiger charge is 2.77. The number of anilines is 1. The number of H-pyrrole nitrogens is 2. The molecule has 15 nitrogen and oxygen atoms in total. The molecule has 13 atom stereocenters. The second kappa shape index (κ2) is 14.9. The molecular weight excluding hydrogens is 987 g/mol. The molecular formula is C63H61N5O10. The average molecular weight is 1050 g/mol. The molecule has 4 saturated carbocycles. The van der Waals surface area contributed by atoms with E-state index in [1.54, 1.807) is 43.7 Å². The summed E-state index contributed by atoms with van der Waals surface area (Å²) in [7, 11) is 0. The molecule has 4 aliphatic heterocycles. The van der Waals surface area contributed by atoms with Crippen LogP contribution in [0.1, 0.15) is 168 Å². The van der Waals surface area contributed by atoms with Gasteiger partial charge in [0.25, 0.3) is 5.79 Å². The molecule has 1 saturated heterocycles. The SMILES string of the molecule is Cc1cc(O)c2c(c1)C(=O)c1c(c3cc4c(nccc14)NCC(O)C14CCC5C#CCC67C=Cc8c([nH]c(c8C51)C1=CC5(O3)OC3(C1=C4CC1(CCC4(CCCC4)C1)C3O)C(O)C(O)C5O)C6(c1cnc[nH]1)CCCC7)C2=O. The fraction of sp³-hybridized carbons (Fsp3) is 0.492. The number of nitrogens with one attached hydrogen (secondary N) is 3. The number of nitrogens with zero attached hydrogens (tertiary/aromatic N) is 2. The molecule has 0 radical (unpaired) electrons. The van der Waals surface area contributed by atoms with E-state index >= 15 is 9.59 Å². The van der Waals surface area contributed by atoms with Crippen molar-refractivity contribution in [1.82, 2.24) is 19.9 Å². The number of aliphatic hydroxyl groups is 5. The Kier molecular flexibility index (Phi) is 8.88. The van der Waals surface area contributed by atoms with Crippen LogP contribution in [-0.2, 0) is 10.2 Å². The van der Waals surface area contributed by atoms with Crippen molar-refractivity contribution in [2.24, 2.45) is 27.6 Å². The summed E-state index contributed by atoms with van der Waals surface area (Å²) in [5, 5.41) is 83.4. The van der Waals surface area contributed by atoms with Gasteiger partial charge in [-0.25, -0.2) is 9.97 Å². The first-order chi connectivity index (χ1) is 37.7. The van der Waals surface area contributed by atoms with Gasteiger partial charge in [0, 0.05) is 92.5 Å². The van der Waals surface area contributed by atoms with Crippen LogP contribution in [0.15, 0.2) is 66.3 Å². The summed E-state index contributed by atoms with van der Waals surface area (Å²) in [6.07, 6.45) is 14.8. The van der Waals surface area contributed by atoms with E-state index in [-0.39, 0.29) is 51.6 Å². The van der Waals surface area contributed by atoms with Gasteiger partial charge in [-0.05, 0) is 129 Å². The Balaban J connectivity index is 1.03. The van der Waals surface area contributed by atoms with Crippen LogP contribution in [-0.4, -0.2) is 111 Å². The van der Waals surface area contributed by atoms with Crippen LogP contribution >= 0.6 is 0 Å². The van der Waals surface area contributed by atoms with Crippen molar-refractivity contribution in [2.75, 3.05) is 11.9 Å². The fourth-order valence-electron chi connectivity index (χ4n) is 19.6. The second-order valence-corrected chi connectivity index (χ2v) is 25.9. The summed E-state index contributed by atoms with van der Waals surface area (Å²) in [6.45, 7) is 1.70. The zero-order valence-electron chi connectivity index (χ0n) is 43.3. The van der Waals surface area contributed by atoms with E-state index in [1.807, 2.05) is 6.20 Å². The molecule has 10 aliphatic carbocycles. The third-order valence-corrected chi connectivity index (χ3v) is 22.7. The summed E-state index contributed by atoms with van der Waals surface area (Å²) in [5.41, 5.74) is 1.02. The Labute approximate surface area is 449 Å². The standard InChI is InChI=1S/C63H61N5O10/c1-30-21-35-42(38(69)22-30)50(72)45-39-23-34-32(43(45)49(35)71)10-20-65-55(34)66-27-41(70)60-17-8-31-7-6-14-59-13-4-5-15-61(59,40-26-64-29-67-40)52-33(9-16-59)44(46(31)60)48(68-52)36-24-62(77-39)53(74)51(73)54(75)63(78-62)47(36)37(60)25-58(56(63)76)19-18-57(28-58)11-2-3-12-57/h9-10,16,20-24,26,29,31,41,46,51,53-54,56,68-70,73-76H,2-5,8,11-15,17-19,25,27-28H2,1H3,(H,64,67)(H,65,66). The van der Waals surface area contributed by atoms with Gasteiger partial charge in [-0.3, -0.25) is 9.59 Å². The Bertz CT molecular complexity index is 3780. The van der Waals surface area contributed by atoms with Gasteiger partial charge in [0.15, 0.2) is 17.5 Å². The number of ether oxygens (including phenoxy) is 2. The Morgan fingerprint density at radius 2 is 1.72 bits per heavy atom. The Hall–Kier alpha value is -6.38. The van der Waals surface area contributed by atoms with Gasteiger partial charge < -0.3 is 55.4 Å². The van der Waals surface area contributed by atoms with Crippen molar-refractivity contribution in [1.29, 1.82) is 0 Å². The lowest BCUT2D eigenvalue weighted by atomic mass is 9.49. The lowest BCUT2D eigenvalue weighted by Gasteiger charge is -2.64. The lowest BCUT2D eigenvalue weighted by molar-refractivity contribution is -0.366. The minimum Gasteiger partial charge on any atom is -0.507 e. The van der Waals surface area contributed by atoms with E-state index in [1.165, 1.54) is 6.07 Å². The van der Waals surface area contributed by atoms with Gasteiger partial charge >= 0.3 is 0 Å². The minimum absolute atomic E-state index is 0.0108. The number of allylic oxidation sites excluding steroid dienone is 1. The van der Waals surface area contributed by atoms with Crippen molar-refractivity contribution in [3.8, 4) is 23.3 Å².